The van der Waals surface area contributed by atoms with Crippen LogP contribution < -0.4 is 0 Å². The van der Waals surface area contributed by atoms with Gasteiger partial charge < -0.3 is 0 Å². The van der Waals surface area contributed by atoms with Gasteiger partial charge in [0.25, 0.3) is 12.2 Å². The van der Waals surface area contributed by atoms with Crippen LogP contribution in [0.25, 0.3) is 0 Å². The molecular formula is C14H12F14S2. The third-order valence-corrected chi connectivity index (χ3v) is 6.08. The number of aryl methyl sites for hydroxylation is 2. The third-order valence-electron chi connectivity index (χ3n) is 3.47. The summed E-state index contributed by atoms with van der Waals surface area (Å²) >= 11 is 0. The van der Waals surface area contributed by atoms with E-state index < -0.39 is 79.2 Å². The molecule has 0 amide bonds. The molecule has 16 heteroatoms. The van der Waals surface area contributed by atoms with Gasteiger partial charge in [0, 0.05) is 0 Å². The minimum absolute atomic E-state index is 0.00899. The number of hydrogen-bond donors (Lipinski definition) is 0. The Morgan fingerprint density at radius 3 is 1.03 bits per heavy atom. The second-order valence-corrected chi connectivity index (χ2v) is 10.7. The average molecular weight is 510 g/mol. The number of halogens is 14. The Labute approximate surface area is 160 Å². The smallest absolute Gasteiger partial charge is 0.174 e. The summed E-state index contributed by atoms with van der Waals surface area (Å²) in [6.45, 7) is 0. The molecule has 0 spiro atoms. The third kappa shape index (κ3) is 7.59. The summed E-state index contributed by atoms with van der Waals surface area (Å²) in [4.78, 5) is -7.88. The molecule has 0 aromatic heterocycles. The highest BCUT2D eigenvalue weighted by Gasteiger charge is 2.76. The molecule has 0 aliphatic carbocycles. The van der Waals surface area contributed by atoms with Gasteiger partial charge in [-0.25, -0.2) is 0 Å². The van der Waals surface area contributed by atoms with Crippen LogP contribution in [0, 0.1) is 0 Å². The van der Waals surface area contributed by atoms with Crippen molar-refractivity contribution in [1.82, 2.24) is 0 Å². The minimum Gasteiger partial charge on any atom is -0.174 e. The van der Waals surface area contributed by atoms with E-state index in [2.05, 4.69) is 0 Å². The molecule has 1 rings (SSSR count). The van der Waals surface area contributed by atoms with Crippen LogP contribution in [0.1, 0.15) is 24.0 Å². The molecule has 1 aromatic rings. The van der Waals surface area contributed by atoms with Crippen LogP contribution in [-0.4, -0.2) is 0 Å². The van der Waals surface area contributed by atoms with Gasteiger partial charge in [-0.15, -0.1) is 0 Å². The molecule has 178 valence electrons. The van der Waals surface area contributed by atoms with Crippen molar-refractivity contribution in [2.45, 2.75) is 35.5 Å². The lowest BCUT2D eigenvalue weighted by atomic mass is 10.0. The van der Waals surface area contributed by atoms with Crippen molar-refractivity contribution in [3.05, 3.63) is 47.6 Å². The van der Waals surface area contributed by atoms with Gasteiger partial charge in [-0.05, 0) is 49.0 Å². The molecule has 0 heterocycles. The van der Waals surface area contributed by atoms with E-state index in [1.807, 2.05) is 0 Å². The van der Waals surface area contributed by atoms with Gasteiger partial charge in [-0.1, -0.05) is 51.0 Å². The standard InChI is InChI=1S/C14H12F14S2/c15-11(16)5-1-3-9-7-8-10(4-2-6-12(17)18)14(30(24,25,26,27)28)13(9)29(19,20,21,22)23/h5-8H,1-4H2. The van der Waals surface area contributed by atoms with Crippen LogP contribution in [-0.2, 0) is 12.8 Å². The Bertz CT molecular complexity index is 809. The van der Waals surface area contributed by atoms with Gasteiger partial charge in [-0.2, -0.15) is 17.6 Å². The monoisotopic (exact) mass is 510 g/mol. The first-order valence-electron chi connectivity index (χ1n) is 7.47. The summed E-state index contributed by atoms with van der Waals surface area (Å²) in [5, 5.41) is 0. The molecule has 0 fully saturated rings. The molecule has 0 unspecified atom stereocenters. The first-order valence-corrected chi connectivity index (χ1v) is 11.4. The molecule has 1 aromatic carbocycles. The van der Waals surface area contributed by atoms with Gasteiger partial charge in [0.15, 0.2) is 0 Å². The van der Waals surface area contributed by atoms with Crippen molar-refractivity contribution in [2.75, 3.05) is 0 Å². The number of hydrogen-bond acceptors (Lipinski definition) is 0. The van der Waals surface area contributed by atoms with Gasteiger partial charge >= 0.3 is 20.4 Å². The molecule has 0 nitrogen and oxygen atoms in total. The lowest BCUT2D eigenvalue weighted by Crippen LogP contribution is -2.20. The van der Waals surface area contributed by atoms with Crippen LogP contribution in [0.3, 0.4) is 0 Å². The predicted molar refractivity (Wildman–Crippen MR) is 86.5 cm³/mol. The molecule has 0 aliphatic rings. The summed E-state index contributed by atoms with van der Waals surface area (Å²) in [6, 6.07) is 0.0180. The SMILES string of the molecule is FC(F)=CCCc1ccc(CCC=C(F)F)c(S(F)(F)(F)(F)F)c1S(F)(F)(F)(F)F. The van der Waals surface area contributed by atoms with E-state index in [9.17, 15) is 56.4 Å². The first-order chi connectivity index (χ1) is 12.8. The summed E-state index contributed by atoms with van der Waals surface area (Å²) in [5.41, 5.74) is -3.96. The van der Waals surface area contributed by atoms with E-state index in [1.165, 1.54) is 0 Å². The molecule has 30 heavy (non-hydrogen) atoms. The Kier molecular flexibility index (Phi) is 5.70. The minimum atomic E-state index is -11.5. The second kappa shape index (κ2) is 6.46. The van der Waals surface area contributed by atoms with Crippen molar-refractivity contribution < 1.29 is 56.4 Å². The Morgan fingerprint density at radius 1 is 0.567 bits per heavy atom. The van der Waals surface area contributed by atoms with E-state index in [0.717, 1.165) is 0 Å². The number of rotatable bonds is 8. The zero-order chi connectivity index (χ0) is 23.9. The van der Waals surface area contributed by atoms with Gasteiger partial charge in [0.2, 0.25) is 0 Å². The molecule has 0 bridgehead atoms. The van der Waals surface area contributed by atoms with Crippen molar-refractivity contribution in [2.24, 2.45) is 0 Å². The van der Waals surface area contributed by atoms with Crippen molar-refractivity contribution in [3.63, 3.8) is 0 Å². The van der Waals surface area contributed by atoms with E-state index in [-0.39, 0.29) is 24.3 Å². The quantitative estimate of drug-likeness (QED) is 0.305. The van der Waals surface area contributed by atoms with E-state index in [0.29, 0.717) is 0 Å². The Hall–Kier alpha value is -1.58. The van der Waals surface area contributed by atoms with E-state index in [4.69, 9.17) is 0 Å². The highest BCUT2D eigenvalue weighted by Crippen LogP contribution is 3.10. The van der Waals surface area contributed by atoms with Crippen molar-refractivity contribution >= 4 is 20.4 Å². The number of allylic oxidation sites excluding steroid dienone is 2. The van der Waals surface area contributed by atoms with Gasteiger partial charge in [0.05, 0.1) is 0 Å². The molecule has 0 saturated heterocycles. The zero-order valence-corrected chi connectivity index (χ0v) is 15.9. The van der Waals surface area contributed by atoms with Crippen LogP contribution >= 0.6 is 20.4 Å². The van der Waals surface area contributed by atoms with Crippen LogP contribution in [0.2, 0.25) is 0 Å². The predicted octanol–water partition coefficient (Wildman–Crippen LogP) is 10.4. The molecule has 0 atom stereocenters. The maximum atomic E-state index is 13.4. The maximum absolute atomic E-state index is 13.4. The van der Waals surface area contributed by atoms with Crippen LogP contribution in [0.15, 0.2) is 46.2 Å². The lowest BCUT2D eigenvalue weighted by molar-refractivity contribution is 0.333. The largest absolute Gasteiger partial charge is 0.312 e. The summed E-state index contributed by atoms with van der Waals surface area (Å²) in [7, 11) is -23.0. The summed E-state index contributed by atoms with van der Waals surface area (Å²) in [5.74, 6) is 0. The van der Waals surface area contributed by atoms with Crippen LogP contribution in [0.5, 0.6) is 0 Å². The van der Waals surface area contributed by atoms with Crippen LogP contribution in [0.4, 0.5) is 56.4 Å². The summed E-state index contributed by atoms with van der Waals surface area (Å²) < 4.78 is 183. The fraction of sp³-hybridized carbons (Fsp3) is 0.286. The molecular weight excluding hydrogens is 498 g/mol. The van der Waals surface area contributed by atoms with Crippen molar-refractivity contribution in [3.8, 4) is 0 Å². The lowest BCUT2D eigenvalue weighted by Gasteiger charge is -2.49. The molecule has 0 aliphatic heterocycles. The molecule has 0 saturated carbocycles. The molecule has 0 radical (unpaired) electrons. The van der Waals surface area contributed by atoms with Crippen molar-refractivity contribution in [1.29, 1.82) is 0 Å². The van der Waals surface area contributed by atoms with Gasteiger partial charge in [0.1, 0.15) is 9.79 Å². The summed E-state index contributed by atoms with van der Waals surface area (Å²) in [6.07, 6.45) is -10.5. The second-order valence-electron chi connectivity index (χ2n) is 6.04. The normalized spacial score (nSPS) is 17.3. The molecule has 0 N–H and O–H groups in total. The van der Waals surface area contributed by atoms with E-state index in [1.54, 1.807) is 0 Å². The highest BCUT2D eigenvalue weighted by atomic mass is 32.5. The Balaban J connectivity index is 4.01. The topological polar surface area (TPSA) is 0 Å². The Morgan fingerprint density at radius 2 is 0.833 bits per heavy atom. The van der Waals surface area contributed by atoms with Gasteiger partial charge in [-0.3, -0.25) is 0 Å². The number of benzene rings is 1. The fourth-order valence-electron chi connectivity index (χ4n) is 2.56. The highest BCUT2D eigenvalue weighted by molar-refractivity contribution is 8.48. The fourth-order valence-corrected chi connectivity index (χ4v) is 5.80. The maximum Gasteiger partial charge on any atom is 0.312 e. The average Bonchev–Trinajstić information content (AvgIpc) is 2.42. The first kappa shape index (κ1) is 26.5. The zero-order valence-electron chi connectivity index (χ0n) is 14.2. The van der Waals surface area contributed by atoms with E-state index >= 15 is 0 Å².